The van der Waals surface area contributed by atoms with Crippen molar-refractivity contribution in [1.82, 2.24) is 5.32 Å². The molecule has 4 nitrogen and oxygen atoms in total. The van der Waals surface area contributed by atoms with Gasteiger partial charge < -0.3 is 14.8 Å². The van der Waals surface area contributed by atoms with E-state index in [0.717, 1.165) is 15.8 Å². The number of hydrogen-bond acceptors (Lipinski definition) is 3. The quantitative estimate of drug-likeness (QED) is 0.734. The van der Waals surface area contributed by atoms with Crippen LogP contribution in [-0.4, -0.2) is 25.2 Å². The number of aryl methyl sites for hydroxylation is 1. The second-order valence-corrected chi connectivity index (χ2v) is 6.73. The number of amides is 1. The van der Waals surface area contributed by atoms with Crippen molar-refractivity contribution >= 4 is 33.4 Å². The van der Waals surface area contributed by atoms with Crippen molar-refractivity contribution in [2.45, 2.75) is 19.9 Å². The smallest absolute Gasteiger partial charge is 0.258 e. The van der Waals surface area contributed by atoms with Gasteiger partial charge in [-0.25, -0.2) is 0 Å². The molecule has 2 rings (SSSR count). The average Bonchev–Trinajstić information content (AvgIpc) is 2.53. The first kappa shape index (κ1) is 18.6. The lowest BCUT2D eigenvalue weighted by Crippen LogP contribution is -2.39. The van der Waals surface area contributed by atoms with Crippen LogP contribution in [0.4, 0.5) is 0 Å². The van der Waals surface area contributed by atoms with Crippen LogP contribution in [-0.2, 0) is 4.79 Å². The zero-order valence-electron chi connectivity index (χ0n) is 13.5. The first-order chi connectivity index (χ1) is 11.5. The van der Waals surface area contributed by atoms with Crippen LogP contribution in [0.25, 0.3) is 0 Å². The van der Waals surface area contributed by atoms with Gasteiger partial charge >= 0.3 is 0 Å². The van der Waals surface area contributed by atoms with Crippen molar-refractivity contribution in [3.63, 3.8) is 0 Å². The van der Waals surface area contributed by atoms with Gasteiger partial charge in [0.2, 0.25) is 0 Å². The third kappa shape index (κ3) is 5.73. The summed E-state index contributed by atoms with van der Waals surface area (Å²) in [6, 6.07) is 12.9. The number of ether oxygens (including phenoxy) is 2. The Bertz CT molecular complexity index is 708. The summed E-state index contributed by atoms with van der Waals surface area (Å²) in [6.45, 7) is 4.14. The van der Waals surface area contributed by atoms with Crippen molar-refractivity contribution in [1.29, 1.82) is 0 Å². The second kappa shape index (κ2) is 8.94. The molecule has 0 saturated heterocycles. The molecular formula is C18H19BrClNO3. The summed E-state index contributed by atoms with van der Waals surface area (Å²) in [4.78, 5) is 11.9. The largest absolute Gasteiger partial charge is 0.491 e. The Morgan fingerprint density at radius 3 is 2.67 bits per heavy atom. The SMILES string of the molecule is Cc1ccccc1OC[C@@H](C)NC(=O)COc1ccc(Br)cc1Cl. The second-order valence-electron chi connectivity index (χ2n) is 5.41. The molecule has 6 heteroatoms. The molecule has 2 aromatic rings. The van der Waals surface area contributed by atoms with Crippen LogP contribution in [0.5, 0.6) is 11.5 Å². The van der Waals surface area contributed by atoms with Gasteiger partial charge in [0.05, 0.1) is 11.1 Å². The van der Waals surface area contributed by atoms with Gasteiger partial charge in [0, 0.05) is 4.47 Å². The molecule has 0 aliphatic heterocycles. The summed E-state index contributed by atoms with van der Waals surface area (Å²) in [5.74, 6) is 1.06. The van der Waals surface area contributed by atoms with E-state index in [1.807, 2.05) is 38.1 Å². The molecule has 0 heterocycles. The lowest BCUT2D eigenvalue weighted by molar-refractivity contribution is -0.123. The molecule has 0 unspecified atom stereocenters. The topological polar surface area (TPSA) is 47.6 Å². The average molecular weight is 413 g/mol. The Balaban J connectivity index is 1.76. The lowest BCUT2D eigenvalue weighted by Gasteiger charge is -2.16. The van der Waals surface area contributed by atoms with Crippen molar-refractivity contribution in [3.05, 3.63) is 57.5 Å². The van der Waals surface area contributed by atoms with E-state index in [4.69, 9.17) is 21.1 Å². The molecule has 1 amide bonds. The van der Waals surface area contributed by atoms with Crippen LogP contribution in [0.2, 0.25) is 5.02 Å². The van der Waals surface area contributed by atoms with Crippen LogP contribution in [0.3, 0.4) is 0 Å². The summed E-state index contributed by atoms with van der Waals surface area (Å²) >= 11 is 9.36. The normalized spacial score (nSPS) is 11.7. The van der Waals surface area contributed by atoms with Gasteiger partial charge in [0.15, 0.2) is 6.61 Å². The zero-order valence-corrected chi connectivity index (χ0v) is 15.9. The molecule has 2 aromatic carbocycles. The van der Waals surface area contributed by atoms with Gasteiger partial charge in [0.25, 0.3) is 5.91 Å². The maximum absolute atomic E-state index is 11.9. The van der Waals surface area contributed by atoms with E-state index in [1.165, 1.54) is 0 Å². The predicted octanol–water partition coefficient (Wildman–Crippen LogP) is 4.37. The Kier molecular flexibility index (Phi) is 6.94. The number of rotatable bonds is 7. The van der Waals surface area contributed by atoms with Crippen LogP contribution in [0, 0.1) is 6.92 Å². The molecular weight excluding hydrogens is 394 g/mol. The fraction of sp³-hybridized carbons (Fsp3) is 0.278. The van der Waals surface area contributed by atoms with Crippen molar-refractivity contribution in [3.8, 4) is 11.5 Å². The monoisotopic (exact) mass is 411 g/mol. The highest BCUT2D eigenvalue weighted by atomic mass is 79.9. The standard InChI is InChI=1S/C18H19BrClNO3/c1-12-5-3-4-6-16(12)23-10-13(2)21-18(22)11-24-17-8-7-14(19)9-15(17)20/h3-9,13H,10-11H2,1-2H3,(H,21,22)/t13-/m1/s1. The molecule has 1 atom stereocenters. The van der Waals surface area contributed by atoms with E-state index >= 15 is 0 Å². The number of nitrogens with one attached hydrogen (secondary N) is 1. The fourth-order valence-electron chi connectivity index (χ4n) is 2.03. The maximum Gasteiger partial charge on any atom is 0.258 e. The van der Waals surface area contributed by atoms with Crippen LogP contribution >= 0.6 is 27.5 Å². The number of carbonyl (C=O) groups is 1. The summed E-state index contributed by atoms with van der Waals surface area (Å²) in [6.07, 6.45) is 0. The van der Waals surface area contributed by atoms with Crippen LogP contribution in [0.1, 0.15) is 12.5 Å². The van der Waals surface area contributed by atoms with E-state index in [-0.39, 0.29) is 18.6 Å². The molecule has 128 valence electrons. The molecule has 0 saturated carbocycles. The first-order valence-corrected chi connectivity index (χ1v) is 8.68. The van der Waals surface area contributed by atoms with E-state index in [2.05, 4.69) is 21.2 Å². The van der Waals surface area contributed by atoms with Gasteiger partial charge in [-0.2, -0.15) is 0 Å². The molecule has 0 bridgehead atoms. The minimum Gasteiger partial charge on any atom is -0.491 e. The predicted molar refractivity (Wildman–Crippen MR) is 98.9 cm³/mol. The molecule has 0 aliphatic carbocycles. The molecule has 0 aromatic heterocycles. The fourth-order valence-corrected chi connectivity index (χ4v) is 2.75. The zero-order chi connectivity index (χ0) is 17.5. The van der Waals surface area contributed by atoms with Crippen molar-refractivity contribution in [2.75, 3.05) is 13.2 Å². The van der Waals surface area contributed by atoms with E-state index < -0.39 is 0 Å². The molecule has 24 heavy (non-hydrogen) atoms. The van der Waals surface area contributed by atoms with Crippen LogP contribution < -0.4 is 14.8 Å². The molecule has 0 fully saturated rings. The van der Waals surface area contributed by atoms with Gasteiger partial charge in [-0.3, -0.25) is 4.79 Å². The Labute approximate surface area is 155 Å². The third-order valence-corrected chi connectivity index (χ3v) is 4.03. The minimum atomic E-state index is -0.227. The van der Waals surface area contributed by atoms with E-state index in [0.29, 0.717) is 17.4 Å². The number of carbonyl (C=O) groups excluding carboxylic acids is 1. The third-order valence-electron chi connectivity index (χ3n) is 3.24. The Morgan fingerprint density at radius 1 is 1.21 bits per heavy atom. The Morgan fingerprint density at radius 2 is 1.96 bits per heavy atom. The molecule has 0 radical (unpaired) electrons. The molecule has 0 spiro atoms. The summed E-state index contributed by atoms with van der Waals surface area (Å²) in [7, 11) is 0. The minimum absolute atomic E-state index is 0.101. The number of hydrogen-bond donors (Lipinski definition) is 1. The highest BCUT2D eigenvalue weighted by Crippen LogP contribution is 2.27. The highest BCUT2D eigenvalue weighted by Gasteiger charge is 2.11. The Hall–Kier alpha value is -1.72. The number of benzene rings is 2. The van der Waals surface area contributed by atoms with E-state index in [9.17, 15) is 4.79 Å². The van der Waals surface area contributed by atoms with Gasteiger partial charge in [-0.15, -0.1) is 0 Å². The molecule has 1 N–H and O–H groups in total. The number of para-hydroxylation sites is 1. The van der Waals surface area contributed by atoms with Crippen molar-refractivity contribution in [2.24, 2.45) is 0 Å². The van der Waals surface area contributed by atoms with Gasteiger partial charge in [0.1, 0.15) is 18.1 Å². The summed E-state index contributed by atoms with van der Waals surface area (Å²) in [5, 5.41) is 3.28. The first-order valence-electron chi connectivity index (χ1n) is 7.51. The van der Waals surface area contributed by atoms with Crippen molar-refractivity contribution < 1.29 is 14.3 Å². The highest BCUT2D eigenvalue weighted by molar-refractivity contribution is 9.10. The summed E-state index contributed by atoms with van der Waals surface area (Å²) in [5.41, 5.74) is 1.06. The van der Waals surface area contributed by atoms with Crippen LogP contribution in [0.15, 0.2) is 46.9 Å². The molecule has 0 aliphatic rings. The lowest BCUT2D eigenvalue weighted by atomic mass is 10.2. The van der Waals surface area contributed by atoms with Gasteiger partial charge in [-0.1, -0.05) is 45.7 Å². The number of halogens is 2. The maximum atomic E-state index is 11.9. The van der Waals surface area contributed by atoms with E-state index in [1.54, 1.807) is 18.2 Å². The van der Waals surface area contributed by atoms with Gasteiger partial charge in [-0.05, 0) is 43.7 Å². The summed E-state index contributed by atoms with van der Waals surface area (Å²) < 4.78 is 12.0.